The van der Waals surface area contributed by atoms with E-state index in [1.54, 1.807) is 18.2 Å². The maximum absolute atomic E-state index is 10.00. The molecule has 0 amide bonds. The Morgan fingerprint density at radius 1 is 1.26 bits per heavy atom. The van der Waals surface area contributed by atoms with Crippen molar-refractivity contribution in [2.45, 2.75) is 12.8 Å². The van der Waals surface area contributed by atoms with E-state index in [1.165, 1.54) is 0 Å². The van der Waals surface area contributed by atoms with Gasteiger partial charge in [-0.05, 0) is 23.7 Å². The number of nitriles is 3. The third kappa shape index (κ3) is 2.82. The molecule has 0 spiro atoms. The Kier molecular flexibility index (Phi) is 5.27. The topological polar surface area (TPSA) is 98.5 Å². The Morgan fingerprint density at radius 3 is 2.56 bits per heavy atom. The third-order valence-electron chi connectivity index (χ3n) is 5.63. The molecule has 1 fully saturated rings. The fourth-order valence-corrected chi connectivity index (χ4v) is 4.66. The van der Waals surface area contributed by atoms with Gasteiger partial charge < -0.3 is 5.41 Å². The number of fused-ring (bicyclic) bond motifs is 1. The molecule has 7 heteroatoms. The summed E-state index contributed by atoms with van der Waals surface area (Å²) in [5.41, 5.74) is -0.576. The molecule has 2 aliphatic rings. The molecule has 1 heterocycles. The van der Waals surface area contributed by atoms with Crippen LogP contribution in [0, 0.1) is 56.7 Å². The summed E-state index contributed by atoms with van der Waals surface area (Å²) in [4.78, 5) is 2.18. The molecule has 1 aliphatic carbocycles. The zero-order valence-electron chi connectivity index (χ0n) is 14.7. The van der Waals surface area contributed by atoms with Gasteiger partial charge in [0.05, 0.1) is 34.0 Å². The van der Waals surface area contributed by atoms with Gasteiger partial charge in [0, 0.05) is 24.9 Å². The summed E-state index contributed by atoms with van der Waals surface area (Å²) < 4.78 is 0. The first-order valence-electron chi connectivity index (χ1n) is 8.62. The van der Waals surface area contributed by atoms with Crippen molar-refractivity contribution in [3.05, 3.63) is 45.5 Å². The molecular weight excluding hydrogens is 381 g/mol. The predicted molar refractivity (Wildman–Crippen MR) is 103 cm³/mol. The number of rotatable bonds is 2. The monoisotopic (exact) mass is 397 g/mol. The maximum Gasteiger partial charge on any atom is 0.189 e. The van der Waals surface area contributed by atoms with Crippen LogP contribution < -0.4 is 0 Å². The summed E-state index contributed by atoms with van der Waals surface area (Å²) in [7, 11) is 0. The second kappa shape index (κ2) is 7.34. The second-order valence-corrected chi connectivity index (χ2v) is 7.58. The summed E-state index contributed by atoms with van der Waals surface area (Å²) >= 11 is 12.7. The van der Waals surface area contributed by atoms with E-state index < -0.39 is 17.3 Å². The number of nitrogens with zero attached hydrogens (tertiary/aromatic N) is 4. The molecular formula is C20H17Cl2N5. The Bertz CT molecular complexity index is 933. The molecule has 0 saturated heterocycles. The largest absolute Gasteiger partial charge is 0.305 e. The average molecular weight is 398 g/mol. The molecule has 1 aromatic rings. The quantitative estimate of drug-likeness (QED) is 0.756. The highest BCUT2D eigenvalue weighted by molar-refractivity contribution is 6.42. The Balaban J connectivity index is 2.31. The van der Waals surface area contributed by atoms with E-state index in [9.17, 15) is 15.8 Å². The number of hydrogen-bond acceptors (Lipinski definition) is 5. The van der Waals surface area contributed by atoms with Crippen LogP contribution in [0.2, 0.25) is 10.0 Å². The molecule has 1 unspecified atom stereocenters. The molecule has 1 N–H and O–H groups in total. The minimum absolute atomic E-state index is 0.177. The number of hydrogen-bond donors (Lipinski definition) is 1. The highest BCUT2D eigenvalue weighted by Crippen LogP contribution is 2.55. The zero-order valence-corrected chi connectivity index (χ0v) is 16.2. The van der Waals surface area contributed by atoms with Crippen molar-refractivity contribution < 1.29 is 0 Å². The minimum Gasteiger partial charge on any atom is -0.305 e. The van der Waals surface area contributed by atoms with Gasteiger partial charge in [0.1, 0.15) is 5.92 Å². The molecule has 0 aromatic heterocycles. The van der Waals surface area contributed by atoms with Crippen molar-refractivity contribution in [3.8, 4) is 18.2 Å². The predicted octanol–water partition coefficient (Wildman–Crippen LogP) is 4.16. The summed E-state index contributed by atoms with van der Waals surface area (Å²) in [6.45, 7) is 4.11. The molecule has 27 heavy (non-hydrogen) atoms. The van der Waals surface area contributed by atoms with Crippen LogP contribution in [0.25, 0.3) is 0 Å². The lowest BCUT2D eigenvalue weighted by molar-refractivity contribution is 0.212. The van der Waals surface area contributed by atoms with Crippen molar-refractivity contribution in [2.75, 3.05) is 19.6 Å². The number of likely N-dealkylation sites (N-methyl/N-ethyl adjacent to an activating group) is 1. The van der Waals surface area contributed by atoms with Crippen LogP contribution in [0.15, 0.2) is 29.8 Å². The maximum atomic E-state index is 10.00. The molecule has 0 bridgehead atoms. The fourth-order valence-electron chi connectivity index (χ4n) is 4.23. The molecule has 5 nitrogen and oxygen atoms in total. The van der Waals surface area contributed by atoms with Crippen LogP contribution in [0.4, 0.5) is 0 Å². The van der Waals surface area contributed by atoms with Crippen LogP contribution in [0.5, 0.6) is 0 Å². The van der Waals surface area contributed by atoms with E-state index in [1.807, 2.05) is 13.0 Å². The van der Waals surface area contributed by atoms with Crippen LogP contribution in [-0.2, 0) is 0 Å². The number of nitrogens with one attached hydrogen (secondary N) is 1. The van der Waals surface area contributed by atoms with Gasteiger partial charge in [-0.15, -0.1) is 0 Å². The van der Waals surface area contributed by atoms with Gasteiger partial charge in [-0.1, -0.05) is 48.3 Å². The smallest absolute Gasteiger partial charge is 0.189 e. The van der Waals surface area contributed by atoms with Crippen LogP contribution in [0.1, 0.15) is 18.4 Å². The first kappa shape index (κ1) is 19.4. The van der Waals surface area contributed by atoms with Crippen molar-refractivity contribution in [3.63, 3.8) is 0 Å². The molecule has 1 aliphatic heterocycles. The number of halogens is 2. The summed E-state index contributed by atoms with van der Waals surface area (Å²) in [5, 5.41) is 38.9. The normalized spacial score (nSPS) is 26.9. The van der Waals surface area contributed by atoms with Crippen molar-refractivity contribution in [1.82, 2.24) is 4.90 Å². The molecule has 136 valence electrons. The lowest BCUT2D eigenvalue weighted by Gasteiger charge is -2.47. The first-order chi connectivity index (χ1) is 12.9. The fraction of sp³-hybridized carbons (Fsp3) is 0.400. The second-order valence-electron chi connectivity index (χ2n) is 6.79. The van der Waals surface area contributed by atoms with Crippen molar-refractivity contribution in [1.29, 1.82) is 21.2 Å². The van der Waals surface area contributed by atoms with E-state index in [4.69, 9.17) is 28.6 Å². The third-order valence-corrected chi connectivity index (χ3v) is 6.46. The van der Waals surface area contributed by atoms with Gasteiger partial charge in [-0.3, -0.25) is 4.90 Å². The van der Waals surface area contributed by atoms with Gasteiger partial charge in [0.25, 0.3) is 0 Å². The standard InChI is InChI=1S/C20H17Cl2N5/c1-2-27-7-6-12-14(8-23)19(26)20(10-24,11-25)17(15(12)9-27)13-4-3-5-16(21)18(13)22/h3-6,14-15,17,26H,2,7,9H2,1H3/t14?,15-,17-/m0/s1. The van der Waals surface area contributed by atoms with E-state index in [0.29, 0.717) is 23.7 Å². The first-order valence-corrected chi connectivity index (χ1v) is 9.38. The minimum atomic E-state index is -1.77. The Hall–Kier alpha value is -2.36. The Morgan fingerprint density at radius 2 is 1.96 bits per heavy atom. The molecule has 1 saturated carbocycles. The average Bonchev–Trinajstić information content (AvgIpc) is 2.69. The van der Waals surface area contributed by atoms with Gasteiger partial charge in [-0.25, -0.2) is 0 Å². The van der Waals surface area contributed by atoms with E-state index in [-0.39, 0.29) is 16.7 Å². The van der Waals surface area contributed by atoms with E-state index >= 15 is 0 Å². The van der Waals surface area contributed by atoms with Crippen molar-refractivity contribution >= 4 is 28.9 Å². The number of benzene rings is 1. The summed E-state index contributed by atoms with van der Waals surface area (Å²) in [5.74, 6) is -1.81. The SMILES string of the molecule is CCN1CC=C2C(C#N)C(=N)C(C#N)(C#N)[C@@H](c3cccc(Cl)c3Cl)[C@H]2C1. The Labute approximate surface area is 168 Å². The summed E-state index contributed by atoms with van der Waals surface area (Å²) in [6, 6.07) is 11.4. The zero-order chi connectivity index (χ0) is 19.8. The van der Waals surface area contributed by atoms with Gasteiger partial charge >= 0.3 is 0 Å². The van der Waals surface area contributed by atoms with Crippen LogP contribution in [-0.4, -0.2) is 30.2 Å². The van der Waals surface area contributed by atoms with Gasteiger partial charge in [-0.2, -0.15) is 15.8 Å². The molecule has 1 aromatic carbocycles. The lowest BCUT2D eigenvalue weighted by Crippen LogP contribution is -2.52. The van der Waals surface area contributed by atoms with E-state index in [2.05, 4.69) is 23.1 Å². The van der Waals surface area contributed by atoms with Gasteiger partial charge in [0.2, 0.25) is 0 Å². The van der Waals surface area contributed by atoms with Crippen molar-refractivity contribution in [2.24, 2.45) is 17.3 Å². The highest BCUT2D eigenvalue weighted by atomic mass is 35.5. The van der Waals surface area contributed by atoms with Gasteiger partial charge in [0.15, 0.2) is 5.41 Å². The van der Waals surface area contributed by atoms with E-state index in [0.717, 1.165) is 12.1 Å². The summed E-state index contributed by atoms with van der Waals surface area (Å²) in [6.07, 6.45) is 1.96. The van der Waals surface area contributed by atoms with Crippen LogP contribution >= 0.6 is 23.2 Å². The molecule has 3 rings (SSSR count). The van der Waals surface area contributed by atoms with Crippen LogP contribution in [0.3, 0.4) is 0 Å². The molecule has 3 atom stereocenters. The molecule has 0 radical (unpaired) electrons. The lowest BCUT2D eigenvalue weighted by atomic mass is 9.54. The highest BCUT2D eigenvalue weighted by Gasteiger charge is 2.58.